The van der Waals surface area contributed by atoms with E-state index in [1.165, 1.54) is 71.3 Å². The summed E-state index contributed by atoms with van der Waals surface area (Å²) in [5, 5.41) is 5.39. The van der Waals surface area contributed by atoms with E-state index in [4.69, 9.17) is 0 Å². The average molecular weight is 601 g/mol. The van der Waals surface area contributed by atoms with Crippen LogP contribution in [0.1, 0.15) is 31.9 Å². The van der Waals surface area contributed by atoms with E-state index < -0.39 is 0 Å². The first-order chi connectivity index (χ1) is 17.0. The van der Waals surface area contributed by atoms with Crippen LogP contribution < -0.4 is 24.8 Å². The van der Waals surface area contributed by atoms with Gasteiger partial charge >= 0.3 is 70.3 Å². The minimum atomic E-state index is 0. The summed E-state index contributed by atoms with van der Waals surface area (Å²) in [7, 11) is 0. The molecule has 5 aromatic carbocycles. The third-order valence-corrected chi connectivity index (χ3v) is 6.79. The number of rotatable bonds is 2. The van der Waals surface area contributed by atoms with Crippen molar-refractivity contribution in [3.05, 3.63) is 144 Å². The van der Waals surface area contributed by atoms with Crippen LogP contribution in [0, 0.1) is 12.0 Å². The van der Waals surface area contributed by atoms with Gasteiger partial charge in [0, 0.05) is 0 Å². The van der Waals surface area contributed by atoms with Gasteiger partial charge in [0.05, 0.1) is 0 Å². The molecule has 0 amide bonds. The Hall–Kier alpha value is -2.44. The normalized spacial score (nSPS) is 13.6. The van der Waals surface area contributed by atoms with E-state index in [1.807, 2.05) is 12.1 Å². The fraction of sp³-hybridized carbons (Fsp3) is 0.118. The molecule has 6 rings (SSSR count). The second-order valence-corrected chi connectivity index (χ2v) is 10.7. The summed E-state index contributed by atoms with van der Waals surface area (Å²) in [5.74, 6) is 0.468. The van der Waals surface area contributed by atoms with Crippen LogP contribution in [0.15, 0.2) is 127 Å². The van der Waals surface area contributed by atoms with E-state index in [9.17, 15) is 0 Å². The fourth-order valence-electron chi connectivity index (χ4n) is 4.36. The number of benzene rings is 4. The summed E-state index contributed by atoms with van der Waals surface area (Å²) in [5.41, 5.74) is 5.29. The molecule has 0 saturated carbocycles. The maximum absolute atomic E-state index is 3.39. The summed E-state index contributed by atoms with van der Waals surface area (Å²) in [6.45, 7) is 6.45. The van der Waals surface area contributed by atoms with E-state index in [2.05, 4.69) is 136 Å². The van der Waals surface area contributed by atoms with Gasteiger partial charge in [-0.15, -0.1) is 45.3 Å². The van der Waals surface area contributed by atoms with Gasteiger partial charge in [0.25, 0.3) is 0 Å². The molecule has 5 aromatic rings. The zero-order valence-electron chi connectivity index (χ0n) is 21.4. The van der Waals surface area contributed by atoms with Crippen molar-refractivity contribution in [2.45, 2.75) is 20.8 Å². The van der Waals surface area contributed by atoms with Crippen molar-refractivity contribution >= 4 is 30.3 Å². The van der Waals surface area contributed by atoms with Gasteiger partial charge in [0.1, 0.15) is 0 Å². The molecule has 0 aromatic heterocycles. The summed E-state index contributed by atoms with van der Waals surface area (Å²) >= 11 is 1.51. The van der Waals surface area contributed by atoms with Gasteiger partial charge in [-0.25, -0.2) is 5.57 Å². The molecule has 0 aliphatic heterocycles. The first-order valence-electron chi connectivity index (χ1n) is 12.0. The van der Waals surface area contributed by atoms with Crippen LogP contribution in [-0.4, -0.2) is 3.21 Å². The molecular weight excluding hydrogens is 571 g/mol. The molecule has 0 fully saturated rings. The Morgan fingerprint density at radius 1 is 0.703 bits per heavy atom. The molecule has 0 spiro atoms. The third-order valence-electron chi connectivity index (χ3n) is 6.08. The Kier molecular flexibility index (Phi) is 12.6. The quantitative estimate of drug-likeness (QED) is 0.274. The Labute approximate surface area is 248 Å². The predicted molar refractivity (Wildman–Crippen MR) is 149 cm³/mol. The SMILES string of the molecule is CC1=[C-]C(C)C=C1c1ccccc1.C[C](=[Zr+2])c1ccccc1.[Cl-].[Cl-].c1ccc2c(c1)[cH-]c1ccccc12. The molecule has 0 radical (unpaired) electrons. The topological polar surface area (TPSA) is 0 Å². The van der Waals surface area contributed by atoms with Crippen molar-refractivity contribution in [1.29, 1.82) is 0 Å². The standard InChI is InChI=1S/C13H9.C13H13.C8H8.2ClH.Zr/c1-3-7-12-10(5-1)9-11-6-2-4-8-13(11)12;1-10-8-11(2)13(9-10)12-6-4-3-5-7-12;1-2-8-6-4-3-5-7-8;;;/h1-9H;3-7,9-10H,1-2H3;3-7H,1H3;2*1H;/q2*-1;;;;+2/p-2. The molecule has 3 heteroatoms. The maximum atomic E-state index is 3.39. The van der Waals surface area contributed by atoms with Crippen LogP contribution in [0.2, 0.25) is 0 Å². The van der Waals surface area contributed by atoms with Crippen molar-refractivity contribution < 1.29 is 49.0 Å². The third kappa shape index (κ3) is 8.28. The van der Waals surface area contributed by atoms with Crippen molar-refractivity contribution in [1.82, 2.24) is 0 Å². The molecule has 1 atom stereocenters. The average Bonchev–Trinajstić information content (AvgIpc) is 3.44. The predicted octanol–water partition coefficient (Wildman–Crippen LogP) is 2.96. The Bertz CT molecular complexity index is 1430. The van der Waals surface area contributed by atoms with E-state index in [0.717, 1.165) is 0 Å². The zero-order valence-corrected chi connectivity index (χ0v) is 25.4. The van der Waals surface area contributed by atoms with Gasteiger partial charge in [-0.3, -0.25) is 6.08 Å². The van der Waals surface area contributed by atoms with Gasteiger partial charge in [-0.05, 0) is 0 Å². The Morgan fingerprint density at radius 3 is 1.59 bits per heavy atom. The van der Waals surface area contributed by atoms with Crippen LogP contribution in [-0.2, 0) is 24.2 Å². The number of allylic oxidation sites excluding steroid dienone is 4. The fourth-order valence-corrected chi connectivity index (χ4v) is 4.77. The van der Waals surface area contributed by atoms with Crippen molar-refractivity contribution in [2.24, 2.45) is 5.92 Å². The van der Waals surface area contributed by atoms with Crippen LogP contribution in [0.25, 0.3) is 27.1 Å². The summed E-state index contributed by atoms with van der Waals surface area (Å²) in [4.78, 5) is 0. The Balaban J connectivity index is 0.000000194. The molecular formula is C34H30Cl2Zr-2. The molecule has 0 nitrogen and oxygen atoms in total. The van der Waals surface area contributed by atoms with E-state index in [-0.39, 0.29) is 24.8 Å². The minimum Gasteiger partial charge on any atom is -1.00 e. The molecule has 186 valence electrons. The number of fused-ring (bicyclic) bond motifs is 3. The van der Waals surface area contributed by atoms with Crippen molar-refractivity contribution in [3.63, 3.8) is 0 Å². The first-order valence-corrected chi connectivity index (χ1v) is 13.3. The zero-order chi connectivity index (χ0) is 24.6. The van der Waals surface area contributed by atoms with Gasteiger partial charge in [-0.1, -0.05) is 86.5 Å². The van der Waals surface area contributed by atoms with Crippen LogP contribution in [0.4, 0.5) is 0 Å². The summed E-state index contributed by atoms with van der Waals surface area (Å²) < 4.78 is 1.46. The van der Waals surface area contributed by atoms with Crippen LogP contribution in [0.5, 0.6) is 0 Å². The largest absolute Gasteiger partial charge is 1.00 e. The smallest absolute Gasteiger partial charge is 0.0771 e. The summed E-state index contributed by atoms with van der Waals surface area (Å²) in [6, 6.07) is 40.2. The number of halogens is 2. The Morgan fingerprint density at radius 2 is 1.16 bits per heavy atom. The second kappa shape index (κ2) is 15.1. The van der Waals surface area contributed by atoms with E-state index >= 15 is 0 Å². The van der Waals surface area contributed by atoms with E-state index in [0.29, 0.717) is 5.92 Å². The molecule has 1 unspecified atom stereocenters. The summed E-state index contributed by atoms with van der Waals surface area (Å²) in [6.07, 6.45) is 5.66. The minimum absolute atomic E-state index is 0. The molecule has 0 heterocycles. The molecule has 0 N–H and O–H groups in total. The molecule has 1 aliphatic rings. The van der Waals surface area contributed by atoms with Gasteiger partial charge in [0.2, 0.25) is 0 Å². The second-order valence-electron chi connectivity index (χ2n) is 8.81. The number of hydrogen-bond acceptors (Lipinski definition) is 0. The van der Waals surface area contributed by atoms with Crippen molar-refractivity contribution in [3.8, 4) is 0 Å². The monoisotopic (exact) mass is 598 g/mol. The van der Waals surface area contributed by atoms with Crippen LogP contribution >= 0.6 is 0 Å². The molecule has 1 aliphatic carbocycles. The number of hydrogen-bond donors (Lipinski definition) is 0. The molecule has 37 heavy (non-hydrogen) atoms. The van der Waals surface area contributed by atoms with Crippen LogP contribution in [0.3, 0.4) is 0 Å². The van der Waals surface area contributed by atoms with Gasteiger partial charge < -0.3 is 24.8 Å². The molecule has 0 bridgehead atoms. The van der Waals surface area contributed by atoms with Gasteiger partial charge in [-0.2, -0.15) is 11.6 Å². The maximum Gasteiger partial charge on any atom is -0.0771 e. The van der Waals surface area contributed by atoms with E-state index in [1.54, 1.807) is 0 Å². The molecule has 0 saturated heterocycles. The first kappa shape index (κ1) is 30.8. The van der Waals surface area contributed by atoms with Crippen molar-refractivity contribution in [2.75, 3.05) is 0 Å². The van der Waals surface area contributed by atoms with Gasteiger partial charge in [0.15, 0.2) is 0 Å².